The molecule has 110 valence electrons. The molecule has 0 aliphatic carbocycles. The molecular weight excluding hydrogens is 314 g/mol. The molecule has 1 aromatic heterocycles. The Bertz CT molecular complexity index is 824. The molecule has 3 aromatic rings. The molecule has 0 atom stereocenters. The lowest BCUT2D eigenvalue weighted by atomic mass is 10.1. The molecular formula is C16H13N3OS2. The molecule has 1 heterocycles. The van der Waals surface area contributed by atoms with Crippen LogP contribution in [0.5, 0.6) is 0 Å². The highest BCUT2D eigenvalue weighted by atomic mass is 32.1. The lowest BCUT2D eigenvalue weighted by Crippen LogP contribution is -2.34. The van der Waals surface area contributed by atoms with Gasteiger partial charge < -0.3 is 5.32 Å². The Morgan fingerprint density at radius 2 is 1.86 bits per heavy atom. The Morgan fingerprint density at radius 1 is 1.14 bits per heavy atom. The first-order chi connectivity index (χ1) is 10.6. The van der Waals surface area contributed by atoms with Crippen LogP contribution < -0.4 is 10.6 Å². The molecule has 0 fully saturated rings. The largest absolute Gasteiger partial charge is 0.308 e. The number of thiocarbonyl (C=S) groups is 1. The van der Waals surface area contributed by atoms with E-state index in [0.29, 0.717) is 10.7 Å². The van der Waals surface area contributed by atoms with Crippen molar-refractivity contribution in [2.24, 2.45) is 0 Å². The number of para-hydroxylation sites is 1. The Morgan fingerprint density at radius 3 is 2.64 bits per heavy atom. The number of carbonyl (C=O) groups is 1. The highest BCUT2D eigenvalue weighted by Crippen LogP contribution is 2.25. The van der Waals surface area contributed by atoms with E-state index >= 15 is 0 Å². The molecule has 0 aliphatic rings. The minimum atomic E-state index is -0.225. The Kier molecular flexibility index (Phi) is 4.13. The number of anilines is 1. The molecule has 2 aromatic carbocycles. The number of nitrogens with zero attached hydrogens (tertiary/aromatic N) is 1. The lowest BCUT2D eigenvalue weighted by molar-refractivity contribution is 0.0977. The van der Waals surface area contributed by atoms with E-state index in [2.05, 4.69) is 15.6 Å². The van der Waals surface area contributed by atoms with Crippen molar-refractivity contribution >= 4 is 49.9 Å². The molecule has 0 saturated heterocycles. The van der Waals surface area contributed by atoms with Crippen LogP contribution in [-0.2, 0) is 0 Å². The van der Waals surface area contributed by atoms with E-state index < -0.39 is 0 Å². The van der Waals surface area contributed by atoms with E-state index in [1.165, 1.54) is 11.3 Å². The van der Waals surface area contributed by atoms with Gasteiger partial charge in [0.2, 0.25) is 0 Å². The summed E-state index contributed by atoms with van der Waals surface area (Å²) in [6, 6.07) is 15.2. The molecule has 1 amide bonds. The highest BCUT2D eigenvalue weighted by molar-refractivity contribution is 7.80. The average Bonchev–Trinajstić information content (AvgIpc) is 2.89. The first kappa shape index (κ1) is 14.6. The summed E-state index contributed by atoms with van der Waals surface area (Å²) in [4.78, 5) is 16.6. The van der Waals surface area contributed by atoms with Crippen molar-refractivity contribution in [3.63, 3.8) is 0 Å². The second kappa shape index (κ2) is 6.21. The fraction of sp³-hybridized carbons (Fsp3) is 0.0625. The first-order valence-corrected chi connectivity index (χ1v) is 7.89. The normalized spacial score (nSPS) is 10.4. The quantitative estimate of drug-likeness (QED) is 0.704. The summed E-state index contributed by atoms with van der Waals surface area (Å²) in [6.07, 6.45) is 0. The molecule has 4 nitrogen and oxygen atoms in total. The van der Waals surface area contributed by atoms with Gasteiger partial charge in [-0.15, -0.1) is 0 Å². The molecule has 0 saturated carbocycles. The number of nitrogens with one attached hydrogen (secondary N) is 2. The van der Waals surface area contributed by atoms with E-state index in [4.69, 9.17) is 12.2 Å². The third-order valence-corrected chi connectivity index (χ3v) is 4.29. The van der Waals surface area contributed by atoms with Gasteiger partial charge in [0.1, 0.15) is 0 Å². The second-order valence-corrected chi connectivity index (χ2v) is 6.15. The molecule has 0 radical (unpaired) electrons. The molecule has 0 bridgehead atoms. The zero-order valence-electron chi connectivity index (χ0n) is 11.8. The maximum absolute atomic E-state index is 12.2. The maximum atomic E-state index is 12.2. The van der Waals surface area contributed by atoms with Crippen molar-refractivity contribution < 1.29 is 4.79 Å². The van der Waals surface area contributed by atoms with E-state index in [0.717, 1.165) is 15.8 Å². The van der Waals surface area contributed by atoms with Gasteiger partial charge in [-0.2, -0.15) is 0 Å². The van der Waals surface area contributed by atoms with Gasteiger partial charge >= 0.3 is 0 Å². The van der Waals surface area contributed by atoms with Crippen LogP contribution in [0.4, 0.5) is 5.13 Å². The topological polar surface area (TPSA) is 54.0 Å². The molecule has 22 heavy (non-hydrogen) atoms. The van der Waals surface area contributed by atoms with Crippen LogP contribution in [0.1, 0.15) is 15.9 Å². The monoisotopic (exact) mass is 327 g/mol. The van der Waals surface area contributed by atoms with Crippen LogP contribution in [0, 0.1) is 6.92 Å². The van der Waals surface area contributed by atoms with Gasteiger partial charge in [0.15, 0.2) is 10.2 Å². The zero-order valence-corrected chi connectivity index (χ0v) is 13.4. The average molecular weight is 327 g/mol. The van der Waals surface area contributed by atoms with Crippen molar-refractivity contribution in [3.8, 4) is 0 Å². The predicted octanol–water partition coefficient (Wildman–Crippen LogP) is 3.73. The number of hydrogen-bond acceptors (Lipinski definition) is 4. The Hall–Kier alpha value is -2.31. The predicted molar refractivity (Wildman–Crippen MR) is 94.5 cm³/mol. The SMILES string of the molecule is Cc1ccccc1C(=O)NC(=S)Nc1nc2ccccc2s1. The van der Waals surface area contributed by atoms with Gasteiger partial charge in [0.05, 0.1) is 10.2 Å². The minimum absolute atomic E-state index is 0.225. The minimum Gasteiger partial charge on any atom is -0.308 e. The lowest BCUT2D eigenvalue weighted by Gasteiger charge is -2.08. The molecule has 0 spiro atoms. The van der Waals surface area contributed by atoms with E-state index in [1.807, 2.05) is 49.4 Å². The third kappa shape index (κ3) is 3.13. The fourth-order valence-electron chi connectivity index (χ4n) is 2.05. The molecule has 6 heteroatoms. The number of carbonyl (C=O) groups excluding carboxylic acids is 1. The Balaban J connectivity index is 1.70. The summed E-state index contributed by atoms with van der Waals surface area (Å²) in [5.74, 6) is -0.225. The number of benzene rings is 2. The molecule has 3 rings (SSSR count). The van der Waals surface area contributed by atoms with Crippen LogP contribution in [0.15, 0.2) is 48.5 Å². The summed E-state index contributed by atoms with van der Waals surface area (Å²) in [6.45, 7) is 1.89. The van der Waals surface area contributed by atoms with Crippen molar-refractivity contribution in [1.29, 1.82) is 0 Å². The van der Waals surface area contributed by atoms with Crippen LogP contribution in [-0.4, -0.2) is 16.0 Å². The van der Waals surface area contributed by atoms with Crippen molar-refractivity contribution in [2.45, 2.75) is 6.92 Å². The van der Waals surface area contributed by atoms with Gasteiger partial charge in [-0.25, -0.2) is 4.98 Å². The zero-order chi connectivity index (χ0) is 15.5. The molecule has 0 aliphatic heterocycles. The van der Waals surface area contributed by atoms with E-state index in [1.54, 1.807) is 6.07 Å². The second-order valence-electron chi connectivity index (χ2n) is 4.71. The van der Waals surface area contributed by atoms with Gasteiger partial charge in [0, 0.05) is 5.56 Å². The number of aromatic nitrogens is 1. The number of fused-ring (bicyclic) bond motifs is 1. The van der Waals surface area contributed by atoms with Gasteiger partial charge in [-0.3, -0.25) is 10.1 Å². The third-order valence-electron chi connectivity index (χ3n) is 3.13. The van der Waals surface area contributed by atoms with Crippen molar-refractivity contribution in [1.82, 2.24) is 10.3 Å². The summed E-state index contributed by atoms with van der Waals surface area (Å²) in [5, 5.41) is 6.54. The van der Waals surface area contributed by atoms with Gasteiger partial charge in [-0.1, -0.05) is 41.7 Å². The summed E-state index contributed by atoms with van der Waals surface area (Å²) in [5.41, 5.74) is 2.42. The number of amides is 1. The summed E-state index contributed by atoms with van der Waals surface area (Å²) < 4.78 is 1.07. The highest BCUT2D eigenvalue weighted by Gasteiger charge is 2.11. The number of aryl methyl sites for hydroxylation is 1. The number of rotatable bonds is 2. The standard InChI is InChI=1S/C16H13N3OS2/c1-10-6-2-3-7-11(10)14(20)18-15(21)19-16-17-12-8-4-5-9-13(12)22-16/h2-9H,1H3,(H2,17,18,19,20,21). The smallest absolute Gasteiger partial charge is 0.257 e. The van der Waals surface area contributed by atoms with Crippen LogP contribution >= 0.6 is 23.6 Å². The van der Waals surface area contributed by atoms with Crippen molar-refractivity contribution in [3.05, 3.63) is 59.7 Å². The first-order valence-electron chi connectivity index (χ1n) is 6.67. The number of thiazole rings is 1. The van der Waals surface area contributed by atoms with Crippen LogP contribution in [0.25, 0.3) is 10.2 Å². The van der Waals surface area contributed by atoms with E-state index in [-0.39, 0.29) is 11.0 Å². The molecule has 2 N–H and O–H groups in total. The van der Waals surface area contributed by atoms with Crippen molar-refractivity contribution in [2.75, 3.05) is 5.32 Å². The van der Waals surface area contributed by atoms with Gasteiger partial charge in [-0.05, 0) is 42.9 Å². The van der Waals surface area contributed by atoms with Crippen LogP contribution in [0.2, 0.25) is 0 Å². The van der Waals surface area contributed by atoms with E-state index in [9.17, 15) is 4.79 Å². The molecule has 0 unspecified atom stereocenters. The Labute approximate surface area is 137 Å². The van der Waals surface area contributed by atoms with Crippen LogP contribution in [0.3, 0.4) is 0 Å². The maximum Gasteiger partial charge on any atom is 0.257 e. The summed E-state index contributed by atoms with van der Waals surface area (Å²) >= 11 is 6.67. The summed E-state index contributed by atoms with van der Waals surface area (Å²) in [7, 11) is 0. The van der Waals surface area contributed by atoms with Gasteiger partial charge in [0.25, 0.3) is 5.91 Å². The number of hydrogen-bond donors (Lipinski definition) is 2. The fourth-order valence-corrected chi connectivity index (χ4v) is 3.18.